The van der Waals surface area contributed by atoms with Crippen molar-refractivity contribution in [2.75, 3.05) is 20.3 Å². The normalized spacial score (nSPS) is 13.2. The summed E-state index contributed by atoms with van der Waals surface area (Å²) in [7, 11) is -2.12. The van der Waals surface area contributed by atoms with Gasteiger partial charge in [0.2, 0.25) is 10.0 Å². The number of nitrogens with one attached hydrogen (secondary N) is 1. The zero-order chi connectivity index (χ0) is 20.1. The van der Waals surface area contributed by atoms with Gasteiger partial charge in [0, 0.05) is 6.54 Å². The Morgan fingerprint density at radius 3 is 2.07 bits per heavy atom. The molecule has 0 heterocycles. The number of rotatable bonds is 8. The van der Waals surface area contributed by atoms with Crippen LogP contribution >= 0.6 is 0 Å². The van der Waals surface area contributed by atoms with E-state index in [0.717, 1.165) is 5.56 Å². The number of sulfonamides is 1. The molecular weight excluding hydrogens is 366 g/mol. The van der Waals surface area contributed by atoms with Crippen LogP contribution < -0.4 is 14.2 Å². The Kier molecular flexibility index (Phi) is 6.86. The van der Waals surface area contributed by atoms with Gasteiger partial charge in [-0.05, 0) is 47.4 Å². The minimum Gasteiger partial charge on any atom is -0.497 e. The quantitative estimate of drug-likeness (QED) is 0.720. The molecule has 0 spiro atoms. The first-order chi connectivity index (χ1) is 12.6. The van der Waals surface area contributed by atoms with Crippen LogP contribution in [0.15, 0.2) is 53.4 Å². The Bertz CT molecular complexity index is 824. The monoisotopic (exact) mass is 393 g/mol. The van der Waals surface area contributed by atoms with Crippen molar-refractivity contribution in [3.8, 4) is 11.5 Å². The van der Waals surface area contributed by atoms with Gasteiger partial charge < -0.3 is 14.6 Å². The largest absolute Gasteiger partial charge is 0.497 e. The Labute approximate surface area is 161 Å². The fraction of sp³-hybridized carbons (Fsp3) is 0.400. The van der Waals surface area contributed by atoms with Crippen LogP contribution in [0.1, 0.15) is 26.3 Å². The zero-order valence-corrected chi connectivity index (χ0v) is 16.9. The molecule has 2 aromatic carbocycles. The number of hydrogen-bond donors (Lipinski definition) is 2. The summed E-state index contributed by atoms with van der Waals surface area (Å²) in [6.07, 6.45) is -0.976. The third kappa shape index (κ3) is 6.23. The van der Waals surface area contributed by atoms with Crippen molar-refractivity contribution < 1.29 is 23.0 Å². The van der Waals surface area contributed by atoms with Crippen LogP contribution in [-0.4, -0.2) is 39.9 Å². The molecule has 2 aromatic rings. The van der Waals surface area contributed by atoms with Crippen LogP contribution in [0, 0.1) is 0 Å². The molecule has 1 atom stereocenters. The summed E-state index contributed by atoms with van der Waals surface area (Å²) < 4.78 is 37.6. The molecule has 7 heteroatoms. The van der Waals surface area contributed by atoms with E-state index in [1.165, 1.54) is 0 Å². The predicted octanol–water partition coefficient (Wildman–Crippen LogP) is 2.71. The van der Waals surface area contributed by atoms with Crippen LogP contribution in [0.5, 0.6) is 11.5 Å². The smallest absolute Gasteiger partial charge is 0.240 e. The van der Waals surface area contributed by atoms with Gasteiger partial charge in [0.1, 0.15) is 24.2 Å². The van der Waals surface area contributed by atoms with Gasteiger partial charge in [-0.2, -0.15) is 0 Å². The molecule has 2 rings (SSSR count). The highest BCUT2D eigenvalue weighted by Crippen LogP contribution is 2.23. The molecule has 0 saturated carbocycles. The summed E-state index contributed by atoms with van der Waals surface area (Å²) in [4.78, 5) is 0.166. The molecule has 2 N–H and O–H groups in total. The van der Waals surface area contributed by atoms with E-state index in [0.29, 0.717) is 11.5 Å². The Morgan fingerprint density at radius 1 is 1.00 bits per heavy atom. The lowest BCUT2D eigenvalue weighted by atomic mass is 9.87. The van der Waals surface area contributed by atoms with E-state index < -0.39 is 16.1 Å². The zero-order valence-electron chi connectivity index (χ0n) is 16.1. The third-order valence-electron chi connectivity index (χ3n) is 4.04. The van der Waals surface area contributed by atoms with Gasteiger partial charge in [0.25, 0.3) is 0 Å². The standard InChI is InChI=1S/C20H27NO5S/c1-20(2,3)15-5-11-19(12-6-15)27(23,24)21-13-16(22)14-26-18-9-7-17(25-4)8-10-18/h5-12,16,21-22H,13-14H2,1-4H3. The molecule has 0 radical (unpaired) electrons. The van der Waals surface area contributed by atoms with Crippen LogP contribution in [0.3, 0.4) is 0 Å². The van der Waals surface area contributed by atoms with E-state index in [1.807, 2.05) is 0 Å². The summed E-state index contributed by atoms with van der Waals surface area (Å²) in [6, 6.07) is 13.7. The topological polar surface area (TPSA) is 84.9 Å². The fourth-order valence-electron chi connectivity index (χ4n) is 2.35. The fourth-order valence-corrected chi connectivity index (χ4v) is 3.42. The molecule has 0 aliphatic carbocycles. The first kappa shape index (κ1) is 21.2. The average molecular weight is 394 g/mol. The van der Waals surface area contributed by atoms with E-state index >= 15 is 0 Å². The highest BCUT2D eigenvalue weighted by Gasteiger charge is 2.18. The van der Waals surface area contributed by atoms with Crippen LogP contribution in [-0.2, 0) is 15.4 Å². The molecule has 27 heavy (non-hydrogen) atoms. The van der Waals surface area contributed by atoms with Crippen LogP contribution in [0.25, 0.3) is 0 Å². The Hall–Kier alpha value is -2.09. The van der Waals surface area contributed by atoms with Gasteiger partial charge in [0.15, 0.2) is 0 Å². The summed E-state index contributed by atoms with van der Waals surface area (Å²) in [6.45, 7) is 6.02. The summed E-state index contributed by atoms with van der Waals surface area (Å²) in [5.41, 5.74) is 0.999. The second-order valence-electron chi connectivity index (χ2n) is 7.27. The van der Waals surface area contributed by atoms with Gasteiger partial charge in [-0.25, -0.2) is 13.1 Å². The number of methoxy groups -OCH3 is 1. The van der Waals surface area contributed by atoms with E-state index in [4.69, 9.17) is 9.47 Å². The SMILES string of the molecule is COc1ccc(OCC(O)CNS(=O)(=O)c2ccc(C(C)(C)C)cc2)cc1. The third-order valence-corrected chi connectivity index (χ3v) is 5.48. The second-order valence-corrected chi connectivity index (χ2v) is 9.03. The van der Waals surface area contributed by atoms with Gasteiger partial charge in [-0.15, -0.1) is 0 Å². The van der Waals surface area contributed by atoms with Crippen LogP contribution in [0.4, 0.5) is 0 Å². The molecule has 0 aliphatic heterocycles. The molecule has 0 bridgehead atoms. The number of ether oxygens (including phenoxy) is 2. The summed E-state index contributed by atoms with van der Waals surface area (Å²) in [5, 5.41) is 10.00. The van der Waals surface area contributed by atoms with Gasteiger partial charge >= 0.3 is 0 Å². The number of benzene rings is 2. The van der Waals surface area contributed by atoms with Crippen molar-refractivity contribution in [2.45, 2.75) is 37.2 Å². The average Bonchev–Trinajstić information content (AvgIpc) is 2.64. The van der Waals surface area contributed by atoms with Crippen molar-refractivity contribution in [3.63, 3.8) is 0 Å². The minimum absolute atomic E-state index is 0.0299. The molecule has 1 unspecified atom stereocenters. The molecule has 0 amide bonds. The van der Waals surface area contributed by atoms with Crippen molar-refractivity contribution in [3.05, 3.63) is 54.1 Å². The predicted molar refractivity (Wildman–Crippen MR) is 105 cm³/mol. The van der Waals surface area contributed by atoms with Crippen molar-refractivity contribution in [2.24, 2.45) is 0 Å². The lowest BCUT2D eigenvalue weighted by Gasteiger charge is -2.19. The van der Waals surface area contributed by atoms with Gasteiger partial charge in [0.05, 0.1) is 12.0 Å². The lowest BCUT2D eigenvalue weighted by Crippen LogP contribution is -2.35. The molecule has 0 aliphatic rings. The maximum atomic E-state index is 12.4. The lowest BCUT2D eigenvalue weighted by molar-refractivity contribution is 0.111. The highest BCUT2D eigenvalue weighted by atomic mass is 32.2. The van der Waals surface area contributed by atoms with Crippen LogP contribution in [0.2, 0.25) is 0 Å². The highest BCUT2D eigenvalue weighted by molar-refractivity contribution is 7.89. The molecule has 148 valence electrons. The number of aliphatic hydroxyl groups excluding tert-OH is 1. The van der Waals surface area contributed by atoms with Crippen molar-refractivity contribution in [1.29, 1.82) is 0 Å². The summed E-state index contributed by atoms with van der Waals surface area (Å²) in [5.74, 6) is 1.27. The number of hydrogen-bond acceptors (Lipinski definition) is 5. The second kappa shape index (κ2) is 8.73. The number of aliphatic hydroxyl groups is 1. The molecule has 6 nitrogen and oxygen atoms in total. The molecule has 0 saturated heterocycles. The maximum absolute atomic E-state index is 12.4. The molecular formula is C20H27NO5S. The van der Waals surface area contributed by atoms with Crippen molar-refractivity contribution >= 4 is 10.0 Å². The molecule has 0 aromatic heterocycles. The van der Waals surface area contributed by atoms with E-state index in [1.54, 1.807) is 55.6 Å². The Balaban J connectivity index is 1.88. The Morgan fingerprint density at radius 2 is 1.56 bits per heavy atom. The van der Waals surface area contributed by atoms with Gasteiger partial charge in [-0.1, -0.05) is 32.9 Å². The van der Waals surface area contributed by atoms with Crippen molar-refractivity contribution in [1.82, 2.24) is 4.72 Å². The molecule has 0 fully saturated rings. The first-order valence-corrected chi connectivity index (χ1v) is 10.2. The maximum Gasteiger partial charge on any atom is 0.240 e. The van der Waals surface area contributed by atoms with E-state index in [9.17, 15) is 13.5 Å². The first-order valence-electron chi connectivity index (χ1n) is 8.67. The van der Waals surface area contributed by atoms with E-state index in [-0.39, 0.29) is 23.5 Å². The van der Waals surface area contributed by atoms with E-state index in [2.05, 4.69) is 25.5 Å². The van der Waals surface area contributed by atoms with Gasteiger partial charge in [-0.3, -0.25) is 0 Å². The summed E-state index contributed by atoms with van der Waals surface area (Å²) >= 11 is 0. The minimum atomic E-state index is -3.69.